The predicted octanol–water partition coefficient (Wildman–Crippen LogP) is 0.868. The summed E-state index contributed by atoms with van der Waals surface area (Å²) < 4.78 is 0. The smallest absolute Gasteiger partial charge is 0.132 e. The summed E-state index contributed by atoms with van der Waals surface area (Å²) in [5.74, 6) is 1.76. The van der Waals surface area contributed by atoms with Gasteiger partial charge in [-0.05, 0) is 12.2 Å². The molecule has 0 saturated carbocycles. The topological polar surface area (TPSA) is 17.1 Å². The van der Waals surface area contributed by atoms with Gasteiger partial charge in [-0.1, -0.05) is 12.2 Å². The third-order valence-electron chi connectivity index (χ3n) is 0.781. The van der Waals surface area contributed by atoms with Gasteiger partial charge in [0.1, 0.15) is 5.94 Å². The molecule has 0 amide bonds. The van der Waals surface area contributed by atoms with Crippen LogP contribution in [0.1, 0.15) is 0 Å². The van der Waals surface area contributed by atoms with Gasteiger partial charge in [0.2, 0.25) is 0 Å². The molecule has 0 aliphatic heterocycles. The second-order valence-electron chi connectivity index (χ2n) is 1.28. The Bertz CT molecular complexity index is 159. The first-order chi connectivity index (χ1) is 3.43. The van der Waals surface area contributed by atoms with E-state index in [1.54, 1.807) is 30.2 Å². The van der Waals surface area contributed by atoms with Gasteiger partial charge < -0.3 is 0 Å². The van der Waals surface area contributed by atoms with Crippen LogP contribution < -0.4 is 0 Å². The Hall–Kier alpha value is -0.382. The van der Waals surface area contributed by atoms with Gasteiger partial charge in [-0.3, -0.25) is 0 Å². The molecule has 0 fully saturated rings. The first-order valence-electron chi connectivity index (χ1n) is 2.03. The van der Waals surface area contributed by atoms with Crippen LogP contribution in [0.2, 0.25) is 0 Å². The second-order valence-corrected chi connectivity index (χ2v) is 1.28. The molecule has 1 aliphatic carbocycles. The molecule has 0 saturated heterocycles. The number of allylic oxidation sites excluding steroid dienone is 5. The molecule has 0 radical (unpaired) electrons. The average Bonchev–Trinajstić information content (AvgIpc) is 2.14. The molecule has 0 aromatic heterocycles. The van der Waals surface area contributed by atoms with Crippen molar-refractivity contribution in [2.45, 2.75) is 0 Å². The summed E-state index contributed by atoms with van der Waals surface area (Å²) in [7, 11) is 0. The average molecular weight is 188 g/mol. The van der Waals surface area contributed by atoms with Crippen LogP contribution in [0.4, 0.5) is 0 Å². The van der Waals surface area contributed by atoms with Crippen LogP contribution in [0.3, 0.4) is 0 Å². The van der Waals surface area contributed by atoms with Crippen molar-refractivity contribution in [2.75, 3.05) is 0 Å². The molecule has 8 heavy (non-hydrogen) atoms. The summed E-state index contributed by atoms with van der Waals surface area (Å²) in [5, 5.41) is 0. The van der Waals surface area contributed by atoms with Gasteiger partial charge in [-0.2, -0.15) is 0 Å². The monoisotopic (exact) mass is 190 g/mol. The molecular weight excluding hydrogens is 184 g/mol. The summed E-state index contributed by atoms with van der Waals surface area (Å²) in [6, 6.07) is 0. The molecule has 1 nitrogen and oxygen atoms in total. The number of hydrogen-bond donors (Lipinski definition) is 0. The predicted molar refractivity (Wildman–Crippen MR) is 27.5 cm³/mol. The van der Waals surface area contributed by atoms with Crippen LogP contribution in [-0.2, 0) is 25.9 Å². The first-order valence-corrected chi connectivity index (χ1v) is 2.03. The maximum atomic E-state index is 9.74. The van der Waals surface area contributed by atoms with Crippen LogP contribution >= 0.6 is 0 Å². The van der Waals surface area contributed by atoms with E-state index in [9.17, 15) is 4.79 Å². The minimum Gasteiger partial charge on any atom is -0.233 e. The fourth-order valence-electron chi connectivity index (χ4n) is 0.442. The van der Waals surface area contributed by atoms with E-state index < -0.39 is 0 Å². The third-order valence-corrected chi connectivity index (χ3v) is 0.781. The quantitative estimate of drug-likeness (QED) is 0.407. The fourth-order valence-corrected chi connectivity index (χ4v) is 0.442. The minimum atomic E-state index is 0. The fraction of sp³-hybridized carbons (Fsp3) is 0. The zero-order valence-corrected chi connectivity index (χ0v) is 6.13. The molecule has 0 unspecified atom stereocenters. The summed E-state index contributed by atoms with van der Waals surface area (Å²) in [6.07, 6.45) is 7.04. The van der Waals surface area contributed by atoms with E-state index in [1.807, 2.05) is 0 Å². The van der Waals surface area contributed by atoms with Crippen LogP contribution in [0, 0.1) is 0 Å². The molecule has 0 N–H and O–H groups in total. The summed E-state index contributed by atoms with van der Waals surface area (Å²) in [6.45, 7) is 0. The largest absolute Gasteiger partial charge is 0.233 e. The van der Waals surface area contributed by atoms with Crippen molar-refractivity contribution in [3.63, 3.8) is 0 Å². The van der Waals surface area contributed by atoms with Crippen molar-refractivity contribution < 1.29 is 25.9 Å². The zero-order valence-electron chi connectivity index (χ0n) is 4.13. The van der Waals surface area contributed by atoms with E-state index in [-0.39, 0.29) is 21.1 Å². The van der Waals surface area contributed by atoms with E-state index >= 15 is 0 Å². The first kappa shape index (κ1) is 7.62. The van der Waals surface area contributed by atoms with Gasteiger partial charge in [-0.25, -0.2) is 4.79 Å². The van der Waals surface area contributed by atoms with Crippen LogP contribution in [-0.4, -0.2) is 5.94 Å². The normalized spacial score (nSPS) is 13.2. The molecule has 0 atom stereocenters. The Balaban J connectivity index is 0.000000490. The van der Waals surface area contributed by atoms with Crippen molar-refractivity contribution in [1.82, 2.24) is 0 Å². The molecular formula is C6H4MoO. The molecule has 0 heterocycles. The van der Waals surface area contributed by atoms with Crippen LogP contribution in [0.25, 0.3) is 0 Å². The van der Waals surface area contributed by atoms with Gasteiger partial charge >= 0.3 is 0 Å². The van der Waals surface area contributed by atoms with Crippen LogP contribution in [0.5, 0.6) is 0 Å². The summed E-state index contributed by atoms with van der Waals surface area (Å²) >= 11 is 0. The zero-order chi connectivity index (χ0) is 5.11. The van der Waals surface area contributed by atoms with Crippen LogP contribution in [0.15, 0.2) is 29.9 Å². The van der Waals surface area contributed by atoms with E-state index in [2.05, 4.69) is 0 Å². The molecule has 1 rings (SSSR count). The Labute approximate surface area is 62.0 Å². The van der Waals surface area contributed by atoms with E-state index in [0.29, 0.717) is 5.57 Å². The molecule has 0 bridgehead atoms. The Morgan fingerprint density at radius 1 is 1.25 bits per heavy atom. The van der Waals surface area contributed by atoms with Crippen molar-refractivity contribution >= 4 is 5.94 Å². The summed E-state index contributed by atoms with van der Waals surface area (Å²) in [5.41, 5.74) is 0.625. The van der Waals surface area contributed by atoms with E-state index in [4.69, 9.17) is 0 Å². The maximum Gasteiger partial charge on any atom is 0.132 e. The third kappa shape index (κ3) is 1.61. The molecule has 40 valence electrons. The Morgan fingerprint density at radius 2 is 1.75 bits per heavy atom. The van der Waals surface area contributed by atoms with Gasteiger partial charge in [0, 0.05) is 21.1 Å². The van der Waals surface area contributed by atoms with Crippen molar-refractivity contribution in [3.8, 4) is 0 Å². The Kier molecular flexibility index (Phi) is 3.43. The molecule has 0 aromatic carbocycles. The van der Waals surface area contributed by atoms with Crippen molar-refractivity contribution in [3.05, 3.63) is 29.9 Å². The second kappa shape index (κ2) is 3.60. The molecule has 0 spiro atoms. The van der Waals surface area contributed by atoms with Gasteiger partial charge in [0.05, 0.1) is 5.57 Å². The molecule has 1 aliphatic rings. The van der Waals surface area contributed by atoms with Gasteiger partial charge in [-0.15, -0.1) is 0 Å². The van der Waals surface area contributed by atoms with Gasteiger partial charge in [0.25, 0.3) is 0 Å². The minimum absolute atomic E-state index is 0. The molecule has 0 aromatic rings. The van der Waals surface area contributed by atoms with Crippen molar-refractivity contribution in [1.29, 1.82) is 0 Å². The van der Waals surface area contributed by atoms with Gasteiger partial charge in [0.15, 0.2) is 0 Å². The SMILES string of the molecule is O=C=C1C=CC=C1.[Mo]. The molecule has 2 heteroatoms. The van der Waals surface area contributed by atoms with E-state index in [0.717, 1.165) is 0 Å². The summed E-state index contributed by atoms with van der Waals surface area (Å²) in [4.78, 5) is 9.74. The standard InChI is InChI=1S/C6H4O.Mo/c7-5-6-3-1-2-4-6;/h1-4H;. The number of carbonyl (C=O) groups excluding carboxylic acids is 1. The number of hydrogen-bond acceptors (Lipinski definition) is 1. The van der Waals surface area contributed by atoms with E-state index in [1.165, 1.54) is 0 Å². The Morgan fingerprint density at radius 3 is 2.00 bits per heavy atom. The van der Waals surface area contributed by atoms with Crippen molar-refractivity contribution in [2.24, 2.45) is 0 Å². The maximum absolute atomic E-state index is 9.74. The number of rotatable bonds is 0.